The van der Waals surface area contributed by atoms with Crippen LogP contribution < -0.4 is 10.6 Å². The minimum Gasteiger partial charge on any atom is -0.337 e. The summed E-state index contributed by atoms with van der Waals surface area (Å²) in [5.74, 6) is 0.429. The average Bonchev–Trinajstić information content (AvgIpc) is 2.25. The normalized spacial score (nSPS) is 9.50. The lowest BCUT2D eigenvalue weighted by atomic mass is 10.2. The maximum Gasteiger partial charge on any atom is 0.315 e. The monoisotopic (exact) mass is 212 g/mol. The van der Waals surface area contributed by atoms with Crippen molar-refractivity contribution in [1.82, 2.24) is 10.6 Å². The van der Waals surface area contributed by atoms with Crippen LogP contribution in [0.3, 0.4) is 0 Å². The molecule has 0 bridgehead atoms. The van der Waals surface area contributed by atoms with Crippen molar-refractivity contribution in [3.05, 3.63) is 35.9 Å². The molecule has 0 atom stereocenters. The Balaban J connectivity index is 2.24. The molecule has 0 saturated carbocycles. The van der Waals surface area contributed by atoms with Gasteiger partial charge < -0.3 is 10.6 Å². The van der Waals surface area contributed by atoms with E-state index in [0.717, 1.165) is 5.56 Å². The largest absolute Gasteiger partial charge is 0.337 e. The first-order valence-electron chi connectivity index (χ1n) is 4.44. The van der Waals surface area contributed by atoms with Gasteiger partial charge >= 0.3 is 6.03 Å². The minimum atomic E-state index is -0.186. The lowest BCUT2D eigenvalue weighted by Crippen LogP contribution is -2.35. The summed E-state index contributed by atoms with van der Waals surface area (Å²) in [4.78, 5) is 11.1. The van der Waals surface area contributed by atoms with Gasteiger partial charge in [0.2, 0.25) is 0 Å². The summed E-state index contributed by atoms with van der Waals surface area (Å²) < 4.78 is 0. The fourth-order valence-electron chi connectivity index (χ4n) is 1.00. The number of amides is 2. The highest BCUT2D eigenvalue weighted by Crippen LogP contribution is 1.96. The molecule has 0 radical (unpaired) electrons. The Hall–Kier alpha value is -1.22. The van der Waals surface area contributed by atoms with E-state index in [1.54, 1.807) is 0 Å². The molecule has 0 aliphatic carbocycles. The molecule has 3 nitrogen and oxygen atoms in total. The van der Waals surface area contributed by atoms with Gasteiger partial charge in [0.05, 0.1) is 0 Å². The number of hydrogen-bond acceptors (Lipinski definition) is 1. The van der Waals surface area contributed by atoms with Crippen molar-refractivity contribution < 1.29 is 4.79 Å². The topological polar surface area (TPSA) is 41.1 Å². The van der Waals surface area contributed by atoms with Crippen LogP contribution in [0.25, 0.3) is 0 Å². The summed E-state index contributed by atoms with van der Waals surface area (Å²) in [7, 11) is 0. The molecule has 4 heteroatoms. The summed E-state index contributed by atoms with van der Waals surface area (Å²) in [6, 6.07) is 9.55. The molecular formula is C10H13ClN2O. The highest BCUT2D eigenvalue weighted by molar-refractivity contribution is 6.18. The second-order valence-electron chi connectivity index (χ2n) is 2.78. The van der Waals surface area contributed by atoms with Crippen LogP contribution in [0.5, 0.6) is 0 Å². The smallest absolute Gasteiger partial charge is 0.315 e. The van der Waals surface area contributed by atoms with Gasteiger partial charge in [-0.15, -0.1) is 11.6 Å². The number of alkyl halides is 1. The average molecular weight is 213 g/mol. The van der Waals surface area contributed by atoms with E-state index in [9.17, 15) is 4.79 Å². The Kier molecular flexibility index (Phi) is 4.86. The third-order valence-corrected chi connectivity index (χ3v) is 1.86. The van der Waals surface area contributed by atoms with Crippen LogP contribution in [0.15, 0.2) is 30.3 Å². The lowest BCUT2D eigenvalue weighted by molar-refractivity contribution is 0.241. The summed E-state index contributed by atoms with van der Waals surface area (Å²) in [6.07, 6.45) is 0. The van der Waals surface area contributed by atoms with Gasteiger partial charge in [0.1, 0.15) is 0 Å². The molecule has 0 saturated heterocycles. The Morgan fingerprint density at radius 2 is 1.93 bits per heavy atom. The van der Waals surface area contributed by atoms with Crippen LogP contribution in [0.1, 0.15) is 5.56 Å². The second-order valence-corrected chi connectivity index (χ2v) is 3.16. The Morgan fingerprint density at radius 3 is 2.57 bits per heavy atom. The van der Waals surface area contributed by atoms with Crippen molar-refractivity contribution in [2.45, 2.75) is 6.54 Å². The molecule has 2 N–H and O–H groups in total. The molecule has 0 aliphatic heterocycles. The van der Waals surface area contributed by atoms with Gasteiger partial charge in [-0.05, 0) is 5.56 Å². The Morgan fingerprint density at radius 1 is 1.21 bits per heavy atom. The zero-order valence-corrected chi connectivity index (χ0v) is 8.55. The van der Waals surface area contributed by atoms with E-state index in [1.165, 1.54) is 0 Å². The maximum absolute atomic E-state index is 11.1. The number of nitrogens with one attached hydrogen (secondary N) is 2. The minimum absolute atomic E-state index is 0.186. The number of halogens is 1. The second kappa shape index (κ2) is 6.27. The van der Waals surface area contributed by atoms with Crippen molar-refractivity contribution in [3.63, 3.8) is 0 Å². The predicted molar refractivity (Wildman–Crippen MR) is 57.4 cm³/mol. The van der Waals surface area contributed by atoms with E-state index in [4.69, 9.17) is 11.6 Å². The first kappa shape index (κ1) is 10.9. The van der Waals surface area contributed by atoms with Crippen molar-refractivity contribution in [2.75, 3.05) is 12.4 Å². The van der Waals surface area contributed by atoms with Gasteiger partial charge in [0.25, 0.3) is 0 Å². The molecule has 0 aromatic heterocycles. The first-order valence-corrected chi connectivity index (χ1v) is 4.98. The quantitative estimate of drug-likeness (QED) is 0.734. The molecule has 0 spiro atoms. The van der Waals surface area contributed by atoms with Crippen molar-refractivity contribution in [1.29, 1.82) is 0 Å². The van der Waals surface area contributed by atoms with Crippen LogP contribution in [0.2, 0.25) is 0 Å². The summed E-state index contributed by atoms with van der Waals surface area (Å²) in [5.41, 5.74) is 1.08. The van der Waals surface area contributed by atoms with Gasteiger partial charge in [0.15, 0.2) is 0 Å². The fourth-order valence-corrected chi connectivity index (χ4v) is 1.10. The van der Waals surface area contributed by atoms with E-state index in [-0.39, 0.29) is 6.03 Å². The molecule has 0 heterocycles. The number of carbonyl (C=O) groups is 1. The Labute approximate surface area is 88.5 Å². The third kappa shape index (κ3) is 4.14. The SMILES string of the molecule is O=C(NCCCl)NCc1ccccc1. The van der Waals surface area contributed by atoms with Crippen molar-refractivity contribution >= 4 is 17.6 Å². The Bertz CT molecular complexity index is 277. The number of urea groups is 1. The molecule has 1 aromatic rings. The zero-order chi connectivity index (χ0) is 10.2. The van der Waals surface area contributed by atoms with Crippen LogP contribution >= 0.6 is 11.6 Å². The number of carbonyl (C=O) groups excluding carboxylic acids is 1. The predicted octanol–water partition coefficient (Wildman–Crippen LogP) is 1.72. The number of hydrogen-bond donors (Lipinski definition) is 2. The lowest BCUT2D eigenvalue weighted by Gasteiger charge is -2.05. The molecule has 0 aliphatic rings. The molecule has 1 aromatic carbocycles. The van der Waals surface area contributed by atoms with E-state index in [2.05, 4.69) is 10.6 Å². The van der Waals surface area contributed by atoms with E-state index in [1.807, 2.05) is 30.3 Å². The summed E-state index contributed by atoms with van der Waals surface area (Å²) >= 11 is 5.42. The number of benzene rings is 1. The van der Waals surface area contributed by atoms with Gasteiger partial charge in [-0.2, -0.15) is 0 Å². The zero-order valence-electron chi connectivity index (χ0n) is 7.79. The van der Waals surface area contributed by atoms with Crippen LogP contribution in [-0.4, -0.2) is 18.5 Å². The number of rotatable bonds is 4. The maximum atomic E-state index is 11.1. The molecule has 1 rings (SSSR count). The standard InChI is InChI=1S/C10H13ClN2O/c11-6-7-12-10(14)13-8-9-4-2-1-3-5-9/h1-5H,6-8H2,(H2,12,13,14). The van der Waals surface area contributed by atoms with Crippen LogP contribution in [0, 0.1) is 0 Å². The molecule has 2 amide bonds. The van der Waals surface area contributed by atoms with Crippen molar-refractivity contribution in [2.24, 2.45) is 0 Å². The van der Waals surface area contributed by atoms with E-state index >= 15 is 0 Å². The highest BCUT2D eigenvalue weighted by Gasteiger charge is 1.97. The van der Waals surface area contributed by atoms with Crippen LogP contribution in [0.4, 0.5) is 4.79 Å². The first-order chi connectivity index (χ1) is 6.83. The summed E-state index contributed by atoms with van der Waals surface area (Å²) in [5, 5.41) is 5.35. The molecular weight excluding hydrogens is 200 g/mol. The van der Waals surface area contributed by atoms with Gasteiger partial charge in [-0.3, -0.25) is 0 Å². The van der Waals surface area contributed by atoms with Gasteiger partial charge in [0, 0.05) is 19.0 Å². The van der Waals surface area contributed by atoms with E-state index in [0.29, 0.717) is 19.0 Å². The fraction of sp³-hybridized carbons (Fsp3) is 0.300. The van der Waals surface area contributed by atoms with Crippen LogP contribution in [-0.2, 0) is 6.54 Å². The molecule has 76 valence electrons. The van der Waals surface area contributed by atoms with Crippen molar-refractivity contribution in [3.8, 4) is 0 Å². The highest BCUT2D eigenvalue weighted by atomic mass is 35.5. The third-order valence-electron chi connectivity index (χ3n) is 1.68. The molecule has 0 fully saturated rings. The molecule has 14 heavy (non-hydrogen) atoms. The van der Waals surface area contributed by atoms with Gasteiger partial charge in [-0.25, -0.2) is 4.79 Å². The van der Waals surface area contributed by atoms with Gasteiger partial charge in [-0.1, -0.05) is 30.3 Å². The summed E-state index contributed by atoms with van der Waals surface area (Å²) in [6.45, 7) is 1.02. The van der Waals surface area contributed by atoms with E-state index < -0.39 is 0 Å². The molecule has 0 unspecified atom stereocenters.